The van der Waals surface area contributed by atoms with Gasteiger partial charge in [-0.1, -0.05) is 0 Å². The number of amides is 1. The molecule has 0 fully saturated rings. The third kappa shape index (κ3) is 2.66. The van der Waals surface area contributed by atoms with Crippen molar-refractivity contribution in [3.8, 4) is 5.75 Å². The van der Waals surface area contributed by atoms with Gasteiger partial charge in [-0.15, -0.1) is 0 Å². The van der Waals surface area contributed by atoms with E-state index in [1.165, 1.54) is 18.0 Å². The Balaban J connectivity index is 2.91. The number of carbonyl (C=O) groups is 1. The zero-order chi connectivity index (χ0) is 11.4. The number of phenolic OH excluding ortho intramolecular Hbond substituents is 1. The molecule has 0 heterocycles. The van der Waals surface area contributed by atoms with Crippen molar-refractivity contribution in [3.05, 3.63) is 29.6 Å². The van der Waals surface area contributed by atoms with Crippen LogP contribution in [0.4, 0.5) is 4.39 Å². The number of halogens is 1. The van der Waals surface area contributed by atoms with Crippen LogP contribution in [0.5, 0.6) is 5.75 Å². The maximum Gasteiger partial charge on any atom is 0.257 e. The van der Waals surface area contributed by atoms with Crippen LogP contribution in [-0.2, 0) is 0 Å². The fourth-order valence-electron chi connectivity index (χ4n) is 1.14. The van der Waals surface area contributed by atoms with Crippen molar-refractivity contribution in [2.75, 3.05) is 20.2 Å². The maximum absolute atomic E-state index is 12.6. The lowest BCUT2D eigenvalue weighted by Crippen LogP contribution is -2.29. The monoisotopic (exact) mass is 213 g/mol. The van der Waals surface area contributed by atoms with E-state index in [2.05, 4.69) is 0 Å². The van der Waals surface area contributed by atoms with Crippen molar-refractivity contribution in [1.29, 1.82) is 0 Å². The highest BCUT2D eigenvalue weighted by atomic mass is 19.1. The SMILES string of the molecule is CN(CCO)C(=O)c1ccc(F)cc1O. The molecule has 1 aromatic carbocycles. The van der Waals surface area contributed by atoms with E-state index in [4.69, 9.17) is 5.11 Å². The predicted molar refractivity (Wildman–Crippen MR) is 52.1 cm³/mol. The number of aromatic hydroxyl groups is 1. The second-order valence-corrected chi connectivity index (χ2v) is 3.11. The molecule has 82 valence electrons. The number of hydrogen-bond acceptors (Lipinski definition) is 3. The number of hydrogen-bond donors (Lipinski definition) is 2. The second-order valence-electron chi connectivity index (χ2n) is 3.11. The van der Waals surface area contributed by atoms with Crippen molar-refractivity contribution in [2.24, 2.45) is 0 Å². The van der Waals surface area contributed by atoms with Gasteiger partial charge < -0.3 is 15.1 Å². The molecular weight excluding hydrogens is 201 g/mol. The quantitative estimate of drug-likeness (QED) is 0.772. The summed E-state index contributed by atoms with van der Waals surface area (Å²) in [5.74, 6) is -1.46. The van der Waals surface area contributed by atoms with Crippen molar-refractivity contribution in [2.45, 2.75) is 0 Å². The van der Waals surface area contributed by atoms with Crippen molar-refractivity contribution < 1.29 is 19.4 Å². The molecule has 2 N–H and O–H groups in total. The standard InChI is InChI=1S/C10H12FNO3/c1-12(4-5-13)10(15)8-3-2-7(11)6-9(8)14/h2-3,6,13-14H,4-5H2,1H3. The summed E-state index contributed by atoms with van der Waals surface area (Å²) >= 11 is 0. The van der Waals surface area contributed by atoms with Gasteiger partial charge in [-0.3, -0.25) is 4.79 Å². The molecular formula is C10H12FNO3. The van der Waals surface area contributed by atoms with Crippen LogP contribution in [0.15, 0.2) is 18.2 Å². The Kier molecular flexibility index (Phi) is 3.62. The molecule has 15 heavy (non-hydrogen) atoms. The molecule has 0 unspecified atom stereocenters. The predicted octanol–water partition coefficient (Wildman–Crippen LogP) is 0.596. The molecule has 0 aromatic heterocycles. The van der Waals surface area contributed by atoms with Gasteiger partial charge in [0.05, 0.1) is 12.2 Å². The number of aliphatic hydroxyl groups is 1. The van der Waals surface area contributed by atoms with Gasteiger partial charge in [-0.25, -0.2) is 4.39 Å². The van der Waals surface area contributed by atoms with Crippen LogP contribution >= 0.6 is 0 Å². The molecule has 0 bridgehead atoms. The van der Waals surface area contributed by atoms with Gasteiger partial charge in [0.2, 0.25) is 0 Å². The summed E-state index contributed by atoms with van der Waals surface area (Å²) in [6.07, 6.45) is 0. The van der Waals surface area contributed by atoms with Gasteiger partial charge in [0.15, 0.2) is 0 Å². The van der Waals surface area contributed by atoms with E-state index >= 15 is 0 Å². The smallest absolute Gasteiger partial charge is 0.257 e. The Bertz CT molecular complexity index is 368. The first-order chi connectivity index (χ1) is 7.06. The molecule has 0 radical (unpaired) electrons. The molecule has 0 aliphatic heterocycles. The number of likely N-dealkylation sites (N-methyl/N-ethyl adjacent to an activating group) is 1. The van der Waals surface area contributed by atoms with Crippen molar-refractivity contribution in [1.82, 2.24) is 4.90 Å². The van der Waals surface area contributed by atoms with Gasteiger partial charge in [0, 0.05) is 19.7 Å². The molecule has 0 aliphatic rings. The highest BCUT2D eigenvalue weighted by molar-refractivity contribution is 5.96. The summed E-state index contributed by atoms with van der Waals surface area (Å²) in [5.41, 5.74) is 0.0207. The number of phenols is 1. The molecule has 0 aliphatic carbocycles. The van der Waals surface area contributed by atoms with E-state index in [-0.39, 0.29) is 18.7 Å². The van der Waals surface area contributed by atoms with Crippen molar-refractivity contribution >= 4 is 5.91 Å². The number of rotatable bonds is 3. The summed E-state index contributed by atoms with van der Waals surface area (Å²) in [4.78, 5) is 12.8. The summed E-state index contributed by atoms with van der Waals surface area (Å²) in [7, 11) is 1.49. The van der Waals surface area contributed by atoms with Crippen LogP contribution in [0, 0.1) is 5.82 Å². The van der Waals surface area contributed by atoms with Gasteiger partial charge in [0.1, 0.15) is 11.6 Å². The summed E-state index contributed by atoms with van der Waals surface area (Å²) in [5, 5.41) is 18.0. The molecule has 0 spiro atoms. The summed E-state index contributed by atoms with van der Waals surface area (Å²) in [6, 6.07) is 3.18. The highest BCUT2D eigenvalue weighted by Gasteiger charge is 2.15. The van der Waals surface area contributed by atoms with Crippen LogP contribution in [0.1, 0.15) is 10.4 Å². The number of carbonyl (C=O) groups excluding carboxylic acids is 1. The van der Waals surface area contributed by atoms with E-state index < -0.39 is 17.5 Å². The summed E-state index contributed by atoms with van der Waals surface area (Å²) in [6.45, 7) is -0.000152. The highest BCUT2D eigenvalue weighted by Crippen LogP contribution is 2.19. The number of nitrogens with zero attached hydrogens (tertiary/aromatic N) is 1. The van der Waals surface area contributed by atoms with Crippen LogP contribution in [0.3, 0.4) is 0 Å². The molecule has 4 nitrogen and oxygen atoms in total. The Morgan fingerprint density at radius 1 is 1.53 bits per heavy atom. The molecule has 1 amide bonds. The Morgan fingerprint density at radius 3 is 2.73 bits per heavy atom. The van der Waals surface area contributed by atoms with Crippen LogP contribution in [0.25, 0.3) is 0 Å². The Hall–Kier alpha value is -1.62. The molecule has 0 atom stereocenters. The van der Waals surface area contributed by atoms with E-state index in [1.54, 1.807) is 0 Å². The van der Waals surface area contributed by atoms with E-state index in [0.717, 1.165) is 12.1 Å². The van der Waals surface area contributed by atoms with Crippen LogP contribution in [-0.4, -0.2) is 41.2 Å². The van der Waals surface area contributed by atoms with Crippen LogP contribution in [0.2, 0.25) is 0 Å². The Labute approximate surface area is 86.6 Å². The summed E-state index contributed by atoms with van der Waals surface area (Å²) < 4.78 is 12.6. The molecule has 1 rings (SSSR count). The number of aliphatic hydroxyl groups excluding tert-OH is 1. The lowest BCUT2D eigenvalue weighted by atomic mass is 10.1. The normalized spacial score (nSPS) is 10.1. The van der Waals surface area contributed by atoms with E-state index in [0.29, 0.717) is 0 Å². The topological polar surface area (TPSA) is 60.8 Å². The molecule has 1 aromatic rings. The lowest BCUT2D eigenvalue weighted by molar-refractivity contribution is 0.0764. The first-order valence-corrected chi connectivity index (χ1v) is 4.41. The van der Waals surface area contributed by atoms with E-state index in [1.807, 2.05) is 0 Å². The minimum atomic E-state index is -0.603. The molecule has 5 heteroatoms. The third-order valence-electron chi connectivity index (χ3n) is 1.97. The minimum Gasteiger partial charge on any atom is -0.507 e. The van der Waals surface area contributed by atoms with Crippen LogP contribution < -0.4 is 0 Å². The van der Waals surface area contributed by atoms with Gasteiger partial charge in [-0.2, -0.15) is 0 Å². The zero-order valence-electron chi connectivity index (χ0n) is 8.27. The average Bonchev–Trinajstić information content (AvgIpc) is 2.17. The maximum atomic E-state index is 12.6. The van der Waals surface area contributed by atoms with Gasteiger partial charge >= 0.3 is 0 Å². The third-order valence-corrected chi connectivity index (χ3v) is 1.97. The second kappa shape index (κ2) is 4.75. The number of benzene rings is 1. The van der Waals surface area contributed by atoms with Crippen molar-refractivity contribution in [3.63, 3.8) is 0 Å². The largest absolute Gasteiger partial charge is 0.507 e. The van der Waals surface area contributed by atoms with E-state index in [9.17, 15) is 14.3 Å². The van der Waals surface area contributed by atoms with Gasteiger partial charge in [0.25, 0.3) is 5.91 Å². The lowest BCUT2D eigenvalue weighted by Gasteiger charge is -2.16. The first kappa shape index (κ1) is 11.5. The van der Waals surface area contributed by atoms with Gasteiger partial charge in [-0.05, 0) is 12.1 Å². The average molecular weight is 213 g/mol. The zero-order valence-corrected chi connectivity index (χ0v) is 8.27. The molecule has 0 saturated heterocycles. The fraction of sp³-hybridized carbons (Fsp3) is 0.300. The minimum absolute atomic E-state index is 0.0207. The first-order valence-electron chi connectivity index (χ1n) is 4.41. The fourth-order valence-corrected chi connectivity index (χ4v) is 1.14. The Morgan fingerprint density at radius 2 is 2.20 bits per heavy atom. The molecule has 0 saturated carbocycles.